The number of rotatable bonds is 3. The Morgan fingerprint density at radius 2 is 1.80 bits per heavy atom. The van der Waals surface area contributed by atoms with E-state index in [1.807, 2.05) is 0 Å². The summed E-state index contributed by atoms with van der Waals surface area (Å²) >= 11 is 5.69. The molecule has 0 radical (unpaired) electrons. The van der Waals surface area contributed by atoms with Crippen LogP contribution in [-0.4, -0.2) is 8.42 Å². The highest BCUT2D eigenvalue weighted by atomic mass is 35.5. The minimum atomic E-state index is -4.02. The first-order valence-electron chi connectivity index (χ1n) is 5.32. The van der Waals surface area contributed by atoms with Gasteiger partial charge in [0.2, 0.25) is 0 Å². The zero-order valence-electron chi connectivity index (χ0n) is 9.90. The van der Waals surface area contributed by atoms with Crippen LogP contribution in [0.4, 0.5) is 20.2 Å². The first-order chi connectivity index (χ1) is 9.29. The molecular weight excluding hydrogens is 310 g/mol. The predicted molar refractivity (Wildman–Crippen MR) is 73.0 cm³/mol. The van der Waals surface area contributed by atoms with Crippen LogP contribution in [0, 0.1) is 11.6 Å². The molecule has 0 aliphatic heterocycles. The van der Waals surface area contributed by atoms with Crippen molar-refractivity contribution in [1.29, 1.82) is 0 Å². The maximum Gasteiger partial charge on any atom is 0.263 e. The van der Waals surface area contributed by atoms with Crippen molar-refractivity contribution in [3.05, 3.63) is 53.1 Å². The fourth-order valence-corrected chi connectivity index (χ4v) is 3.09. The average Bonchev–Trinajstić information content (AvgIpc) is 2.33. The summed E-state index contributed by atoms with van der Waals surface area (Å²) in [6.07, 6.45) is 0. The van der Waals surface area contributed by atoms with Crippen molar-refractivity contribution in [3.63, 3.8) is 0 Å². The molecule has 0 saturated carbocycles. The molecule has 0 aromatic heterocycles. The molecule has 8 heteroatoms. The van der Waals surface area contributed by atoms with Crippen LogP contribution < -0.4 is 10.5 Å². The van der Waals surface area contributed by atoms with Crippen LogP contribution >= 0.6 is 11.6 Å². The van der Waals surface area contributed by atoms with E-state index in [-0.39, 0.29) is 21.3 Å². The maximum absolute atomic E-state index is 13.0. The van der Waals surface area contributed by atoms with Crippen LogP contribution in [0.3, 0.4) is 0 Å². The van der Waals surface area contributed by atoms with Gasteiger partial charge < -0.3 is 5.73 Å². The zero-order chi connectivity index (χ0) is 14.9. The Hall–Kier alpha value is -1.86. The van der Waals surface area contributed by atoms with E-state index in [0.717, 1.165) is 30.3 Å². The molecule has 3 N–H and O–H groups in total. The van der Waals surface area contributed by atoms with Gasteiger partial charge in [-0.05, 0) is 36.4 Å². The Morgan fingerprint density at radius 1 is 1.10 bits per heavy atom. The van der Waals surface area contributed by atoms with E-state index in [1.54, 1.807) is 0 Å². The van der Waals surface area contributed by atoms with E-state index in [4.69, 9.17) is 17.3 Å². The third kappa shape index (κ3) is 3.00. The molecular formula is C12H9ClF2N2O2S. The van der Waals surface area contributed by atoms with Crippen LogP contribution in [0.15, 0.2) is 41.3 Å². The average molecular weight is 319 g/mol. The smallest absolute Gasteiger partial charge is 0.263 e. The van der Waals surface area contributed by atoms with Crippen LogP contribution in [0.25, 0.3) is 0 Å². The number of benzene rings is 2. The lowest BCUT2D eigenvalue weighted by Crippen LogP contribution is -2.14. The van der Waals surface area contributed by atoms with Gasteiger partial charge in [-0.2, -0.15) is 0 Å². The topological polar surface area (TPSA) is 72.2 Å². The summed E-state index contributed by atoms with van der Waals surface area (Å²) in [6, 6.07) is 6.26. The Kier molecular flexibility index (Phi) is 3.82. The lowest BCUT2D eigenvalue weighted by atomic mass is 10.3. The van der Waals surface area contributed by atoms with Crippen molar-refractivity contribution in [1.82, 2.24) is 0 Å². The SMILES string of the molecule is Nc1cc(NS(=O)(=O)c2ccc(F)cc2Cl)ccc1F. The summed E-state index contributed by atoms with van der Waals surface area (Å²) in [4.78, 5) is -0.288. The fourth-order valence-electron chi connectivity index (χ4n) is 1.51. The molecule has 0 fully saturated rings. The molecule has 106 valence electrons. The maximum atomic E-state index is 13.0. The van der Waals surface area contributed by atoms with E-state index in [9.17, 15) is 17.2 Å². The second-order valence-electron chi connectivity index (χ2n) is 3.92. The van der Waals surface area contributed by atoms with Gasteiger partial charge in [0, 0.05) is 0 Å². The standard InChI is InChI=1S/C12H9ClF2N2O2S/c13-9-5-7(14)1-4-12(9)20(18,19)17-8-2-3-10(15)11(16)6-8/h1-6,17H,16H2. The Bertz CT molecular complexity index is 766. The van der Waals surface area contributed by atoms with Crippen molar-refractivity contribution in [2.24, 2.45) is 0 Å². The minimum absolute atomic E-state index is 0.0734. The predicted octanol–water partition coefficient (Wildman–Crippen LogP) is 3.00. The normalized spacial score (nSPS) is 11.3. The second-order valence-corrected chi connectivity index (χ2v) is 5.97. The van der Waals surface area contributed by atoms with Crippen molar-refractivity contribution in [2.75, 3.05) is 10.5 Å². The molecule has 20 heavy (non-hydrogen) atoms. The highest BCUT2D eigenvalue weighted by Crippen LogP contribution is 2.25. The van der Waals surface area contributed by atoms with Gasteiger partial charge in [0.15, 0.2) is 0 Å². The molecule has 0 atom stereocenters. The number of nitrogens with two attached hydrogens (primary N) is 1. The van der Waals surface area contributed by atoms with E-state index < -0.39 is 21.7 Å². The third-order valence-corrected chi connectivity index (χ3v) is 4.30. The molecule has 0 bridgehead atoms. The summed E-state index contributed by atoms with van der Waals surface area (Å²) in [5.74, 6) is -1.31. The first-order valence-corrected chi connectivity index (χ1v) is 7.18. The van der Waals surface area contributed by atoms with E-state index in [1.165, 1.54) is 6.07 Å². The monoisotopic (exact) mass is 318 g/mol. The van der Waals surface area contributed by atoms with Crippen molar-refractivity contribution >= 4 is 33.0 Å². The zero-order valence-corrected chi connectivity index (χ0v) is 11.5. The Morgan fingerprint density at radius 3 is 2.40 bits per heavy atom. The van der Waals surface area contributed by atoms with E-state index in [0.29, 0.717) is 0 Å². The van der Waals surface area contributed by atoms with Crippen molar-refractivity contribution in [3.8, 4) is 0 Å². The molecule has 2 aromatic rings. The molecule has 0 aliphatic carbocycles. The number of hydrogen-bond donors (Lipinski definition) is 2. The molecule has 0 spiro atoms. The number of hydrogen-bond acceptors (Lipinski definition) is 3. The molecule has 0 aliphatic rings. The van der Waals surface area contributed by atoms with Gasteiger partial charge in [0.25, 0.3) is 10.0 Å². The van der Waals surface area contributed by atoms with E-state index in [2.05, 4.69) is 4.72 Å². The minimum Gasteiger partial charge on any atom is -0.396 e. The number of sulfonamides is 1. The van der Waals surface area contributed by atoms with Crippen LogP contribution in [0.5, 0.6) is 0 Å². The van der Waals surface area contributed by atoms with Gasteiger partial charge in [-0.3, -0.25) is 4.72 Å². The summed E-state index contributed by atoms with van der Waals surface area (Å²) in [5, 5.41) is -0.257. The number of halogens is 3. The lowest BCUT2D eigenvalue weighted by molar-refractivity contribution is 0.599. The van der Waals surface area contributed by atoms with Crippen molar-refractivity contribution < 1.29 is 17.2 Å². The summed E-state index contributed by atoms with van der Waals surface area (Å²) in [7, 11) is -4.02. The largest absolute Gasteiger partial charge is 0.396 e. The van der Waals surface area contributed by atoms with Crippen LogP contribution in [0.1, 0.15) is 0 Å². The molecule has 0 amide bonds. The number of nitrogens with one attached hydrogen (secondary N) is 1. The second kappa shape index (κ2) is 5.26. The lowest BCUT2D eigenvalue weighted by Gasteiger charge is -2.10. The van der Waals surface area contributed by atoms with E-state index >= 15 is 0 Å². The summed E-state index contributed by atoms with van der Waals surface area (Å²) in [5.41, 5.74) is 5.22. The summed E-state index contributed by atoms with van der Waals surface area (Å²) < 4.78 is 52.2. The van der Waals surface area contributed by atoms with Gasteiger partial charge in [-0.15, -0.1) is 0 Å². The van der Waals surface area contributed by atoms with Crippen LogP contribution in [0.2, 0.25) is 5.02 Å². The molecule has 0 heterocycles. The molecule has 2 rings (SSSR count). The van der Waals surface area contributed by atoms with Gasteiger partial charge in [-0.1, -0.05) is 11.6 Å². The quantitative estimate of drug-likeness (QED) is 0.854. The molecule has 0 unspecified atom stereocenters. The Labute approximate surface area is 119 Å². The third-order valence-electron chi connectivity index (χ3n) is 2.43. The van der Waals surface area contributed by atoms with Crippen LogP contribution in [-0.2, 0) is 10.0 Å². The van der Waals surface area contributed by atoms with Gasteiger partial charge in [0.1, 0.15) is 16.5 Å². The molecule has 2 aromatic carbocycles. The highest BCUT2D eigenvalue weighted by molar-refractivity contribution is 7.92. The summed E-state index contributed by atoms with van der Waals surface area (Å²) in [6.45, 7) is 0. The van der Waals surface area contributed by atoms with Gasteiger partial charge >= 0.3 is 0 Å². The molecule has 0 saturated heterocycles. The highest BCUT2D eigenvalue weighted by Gasteiger charge is 2.18. The molecule has 4 nitrogen and oxygen atoms in total. The van der Waals surface area contributed by atoms with Crippen molar-refractivity contribution in [2.45, 2.75) is 4.90 Å². The van der Waals surface area contributed by atoms with Gasteiger partial charge in [-0.25, -0.2) is 17.2 Å². The Balaban J connectivity index is 2.38. The fraction of sp³-hybridized carbons (Fsp3) is 0. The van der Waals surface area contributed by atoms with Gasteiger partial charge in [0.05, 0.1) is 16.4 Å². The number of nitrogen functional groups attached to an aromatic ring is 1. The first kappa shape index (κ1) is 14.5. The number of anilines is 2.